The quantitative estimate of drug-likeness (QED) is 0.335. The fourth-order valence-corrected chi connectivity index (χ4v) is 3.17. The lowest BCUT2D eigenvalue weighted by Gasteiger charge is -2.10. The van der Waals surface area contributed by atoms with Gasteiger partial charge in [-0.1, -0.05) is 42.5 Å². The van der Waals surface area contributed by atoms with Crippen LogP contribution in [0.1, 0.15) is 27.9 Å². The number of aryl methyl sites for hydroxylation is 2. The third-order valence-corrected chi connectivity index (χ3v) is 4.90. The summed E-state index contributed by atoms with van der Waals surface area (Å²) in [4.78, 5) is 8.78. The standard InChI is InChI=1S/C24H28N4O.3ClH/c1-29-23-16-19(17-25)8-10-20(23)9-5-18-6-11-21(12-7-18)24(26)28-15-13-22-4-2-3-14-27-22;;;/h2-4,6-8,10-12,14,16H,5,9,13,15,17,25H2,1H3,(H2,26,28);3*1H. The van der Waals surface area contributed by atoms with E-state index in [-0.39, 0.29) is 37.2 Å². The van der Waals surface area contributed by atoms with Crippen LogP contribution in [0.25, 0.3) is 0 Å². The topological polar surface area (TPSA) is 86.5 Å². The summed E-state index contributed by atoms with van der Waals surface area (Å²) in [6.07, 6.45) is 4.41. The number of amidine groups is 1. The van der Waals surface area contributed by atoms with E-state index in [1.807, 2.05) is 36.4 Å². The van der Waals surface area contributed by atoms with Crippen LogP contribution in [0.4, 0.5) is 0 Å². The van der Waals surface area contributed by atoms with Crippen molar-refractivity contribution in [2.24, 2.45) is 16.5 Å². The van der Waals surface area contributed by atoms with Crippen LogP contribution < -0.4 is 16.2 Å². The monoisotopic (exact) mass is 496 g/mol. The summed E-state index contributed by atoms with van der Waals surface area (Å²) in [7, 11) is 1.70. The summed E-state index contributed by atoms with van der Waals surface area (Å²) in [5.74, 6) is 1.46. The van der Waals surface area contributed by atoms with E-state index in [0.717, 1.165) is 41.8 Å². The van der Waals surface area contributed by atoms with Crippen molar-refractivity contribution in [3.8, 4) is 5.75 Å². The van der Waals surface area contributed by atoms with Gasteiger partial charge in [0.1, 0.15) is 11.6 Å². The van der Waals surface area contributed by atoms with Crippen LogP contribution in [0.5, 0.6) is 5.75 Å². The Morgan fingerprint density at radius 3 is 2.25 bits per heavy atom. The predicted molar refractivity (Wildman–Crippen MR) is 140 cm³/mol. The van der Waals surface area contributed by atoms with Crippen molar-refractivity contribution in [2.75, 3.05) is 13.7 Å². The Balaban J connectivity index is 0.00000320. The fraction of sp³-hybridized carbons (Fsp3) is 0.250. The van der Waals surface area contributed by atoms with E-state index in [1.165, 1.54) is 11.1 Å². The first kappa shape index (κ1) is 29.7. The summed E-state index contributed by atoms with van der Waals surface area (Å²) in [6.45, 7) is 1.14. The molecule has 1 heterocycles. The molecular formula is C24H31Cl3N4O. The third-order valence-electron chi connectivity index (χ3n) is 4.90. The van der Waals surface area contributed by atoms with Crippen LogP contribution in [0.15, 0.2) is 71.9 Å². The van der Waals surface area contributed by atoms with Gasteiger partial charge in [-0.05, 0) is 47.7 Å². The van der Waals surface area contributed by atoms with E-state index in [1.54, 1.807) is 13.3 Å². The lowest BCUT2D eigenvalue weighted by molar-refractivity contribution is 0.409. The molecule has 4 N–H and O–H groups in total. The molecule has 0 saturated heterocycles. The number of hydrogen-bond donors (Lipinski definition) is 2. The summed E-state index contributed by atoms with van der Waals surface area (Å²) in [5, 5.41) is 0. The first-order valence-corrected chi connectivity index (χ1v) is 9.84. The minimum absolute atomic E-state index is 0. The molecule has 5 nitrogen and oxygen atoms in total. The van der Waals surface area contributed by atoms with Crippen LogP contribution >= 0.6 is 37.2 Å². The number of benzene rings is 2. The first-order chi connectivity index (χ1) is 14.2. The lowest BCUT2D eigenvalue weighted by Crippen LogP contribution is -2.14. The third kappa shape index (κ3) is 8.67. The second-order valence-electron chi connectivity index (χ2n) is 6.89. The molecule has 0 saturated carbocycles. The highest BCUT2D eigenvalue weighted by Crippen LogP contribution is 2.22. The molecule has 3 aromatic rings. The Morgan fingerprint density at radius 2 is 1.62 bits per heavy atom. The molecule has 0 atom stereocenters. The Kier molecular flexibility index (Phi) is 14.4. The zero-order valence-electron chi connectivity index (χ0n) is 18.1. The maximum Gasteiger partial charge on any atom is 0.125 e. The number of nitrogens with zero attached hydrogens (tertiary/aromatic N) is 2. The molecule has 0 amide bonds. The summed E-state index contributed by atoms with van der Waals surface area (Å²) < 4.78 is 5.50. The van der Waals surface area contributed by atoms with E-state index in [2.05, 4.69) is 34.2 Å². The molecule has 0 fully saturated rings. The Labute approximate surface area is 208 Å². The molecular weight excluding hydrogens is 467 g/mol. The highest BCUT2D eigenvalue weighted by Gasteiger charge is 2.06. The van der Waals surface area contributed by atoms with Crippen LogP contribution in [0.3, 0.4) is 0 Å². The van der Waals surface area contributed by atoms with Gasteiger partial charge in [0.25, 0.3) is 0 Å². The normalized spacial score (nSPS) is 10.4. The number of hydrogen-bond acceptors (Lipinski definition) is 4. The number of ether oxygens (including phenoxy) is 1. The molecule has 2 aromatic carbocycles. The van der Waals surface area contributed by atoms with Crippen molar-refractivity contribution in [1.29, 1.82) is 0 Å². The summed E-state index contributed by atoms with van der Waals surface area (Å²) in [5.41, 5.74) is 17.3. The van der Waals surface area contributed by atoms with Crippen molar-refractivity contribution in [2.45, 2.75) is 25.8 Å². The van der Waals surface area contributed by atoms with Crippen LogP contribution in [0, 0.1) is 0 Å². The maximum atomic E-state index is 6.14. The van der Waals surface area contributed by atoms with Gasteiger partial charge < -0.3 is 16.2 Å². The highest BCUT2D eigenvalue weighted by molar-refractivity contribution is 5.97. The number of aliphatic imine (C=N–C) groups is 1. The molecule has 0 radical (unpaired) electrons. The smallest absolute Gasteiger partial charge is 0.125 e. The number of rotatable bonds is 9. The fourth-order valence-electron chi connectivity index (χ4n) is 3.17. The second kappa shape index (κ2) is 15.5. The van der Waals surface area contributed by atoms with Crippen molar-refractivity contribution in [3.05, 3.63) is 94.8 Å². The Hall–Kier alpha value is -2.31. The van der Waals surface area contributed by atoms with Gasteiger partial charge in [0, 0.05) is 37.0 Å². The van der Waals surface area contributed by atoms with E-state index < -0.39 is 0 Å². The number of halogens is 3. The molecule has 0 aliphatic rings. The SMILES string of the molecule is COc1cc(CN)ccc1CCc1ccc(C(N)=NCCc2ccccn2)cc1.Cl.Cl.Cl. The van der Waals surface area contributed by atoms with Gasteiger partial charge in [-0.25, -0.2) is 0 Å². The Bertz CT molecular complexity index is 951. The predicted octanol–water partition coefficient (Wildman–Crippen LogP) is 4.55. The minimum Gasteiger partial charge on any atom is -0.496 e. The minimum atomic E-state index is 0. The molecule has 8 heteroatoms. The first-order valence-electron chi connectivity index (χ1n) is 9.84. The number of pyridine rings is 1. The van der Waals surface area contributed by atoms with Crippen LogP contribution in [-0.2, 0) is 25.8 Å². The van der Waals surface area contributed by atoms with Gasteiger partial charge in [-0.15, -0.1) is 37.2 Å². The lowest BCUT2D eigenvalue weighted by atomic mass is 10.0. The van der Waals surface area contributed by atoms with Gasteiger partial charge >= 0.3 is 0 Å². The zero-order valence-corrected chi connectivity index (χ0v) is 20.5. The zero-order chi connectivity index (χ0) is 20.5. The number of nitrogens with two attached hydrogens (primary N) is 2. The average molecular weight is 498 g/mol. The van der Waals surface area contributed by atoms with Gasteiger partial charge in [-0.3, -0.25) is 9.98 Å². The largest absolute Gasteiger partial charge is 0.496 e. The molecule has 0 aliphatic heterocycles. The van der Waals surface area contributed by atoms with E-state index in [9.17, 15) is 0 Å². The van der Waals surface area contributed by atoms with Gasteiger partial charge in [-0.2, -0.15) is 0 Å². The van der Waals surface area contributed by atoms with Gasteiger partial charge in [0.05, 0.1) is 7.11 Å². The summed E-state index contributed by atoms with van der Waals surface area (Å²) >= 11 is 0. The van der Waals surface area contributed by atoms with E-state index in [0.29, 0.717) is 18.9 Å². The van der Waals surface area contributed by atoms with Gasteiger partial charge in [0.2, 0.25) is 0 Å². The average Bonchev–Trinajstić information content (AvgIpc) is 2.78. The number of aromatic nitrogens is 1. The molecule has 0 aliphatic carbocycles. The summed E-state index contributed by atoms with van der Waals surface area (Å²) in [6, 6.07) is 20.3. The van der Waals surface area contributed by atoms with Crippen molar-refractivity contribution in [1.82, 2.24) is 4.98 Å². The van der Waals surface area contributed by atoms with Crippen LogP contribution in [0.2, 0.25) is 0 Å². The maximum absolute atomic E-state index is 6.14. The molecule has 0 spiro atoms. The second-order valence-corrected chi connectivity index (χ2v) is 6.89. The number of methoxy groups -OCH3 is 1. The molecule has 174 valence electrons. The van der Waals surface area contributed by atoms with Crippen molar-refractivity contribution >= 4 is 43.1 Å². The van der Waals surface area contributed by atoms with E-state index >= 15 is 0 Å². The molecule has 3 rings (SSSR count). The van der Waals surface area contributed by atoms with Crippen molar-refractivity contribution in [3.63, 3.8) is 0 Å². The molecule has 1 aromatic heterocycles. The van der Waals surface area contributed by atoms with Gasteiger partial charge in [0.15, 0.2) is 0 Å². The molecule has 0 bridgehead atoms. The highest BCUT2D eigenvalue weighted by atomic mass is 35.5. The molecule has 32 heavy (non-hydrogen) atoms. The molecule has 0 unspecified atom stereocenters. The Morgan fingerprint density at radius 1 is 0.906 bits per heavy atom. The van der Waals surface area contributed by atoms with Crippen LogP contribution in [-0.4, -0.2) is 24.5 Å². The van der Waals surface area contributed by atoms with E-state index in [4.69, 9.17) is 16.2 Å². The van der Waals surface area contributed by atoms with Crippen molar-refractivity contribution < 1.29 is 4.74 Å².